The Hall–Kier alpha value is -1.85. The second-order valence-corrected chi connectivity index (χ2v) is 5.63. The Balaban J connectivity index is 0.00000192. The first-order chi connectivity index (χ1) is 10.8. The highest BCUT2D eigenvalue weighted by Gasteiger charge is 2.20. The molecule has 1 amide bonds. The van der Waals surface area contributed by atoms with E-state index >= 15 is 0 Å². The number of hydrogen-bond donors (Lipinski definition) is 3. The minimum atomic E-state index is -0.0913. The topological polar surface area (TPSA) is 69.8 Å². The molecule has 5 nitrogen and oxygen atoms in total. The summed E-state index contributed by atoms with van der Waals surface area (Å²) >= 11 is 0. The largest absolute Gasteiger partial charge is 0.350 e. The highest BCUT2D eigenvalue weighted by atomic mass is 35.5. The Morgan fingerprint density at radius 3 is 2.74 bits per heavy atom. The van der Waals surface area contributed by atoms with Crippen LogP contribution in [0.3, 0.4) is 0 Å². The van der Waals surface area contributed by atoms with Gasteiger partial charge >= 0.3 is 0 Å². The quantitative estimate of drug-likeness (QED) is 0.783. The number of carbonyl (C=O) groups is 1. The molecule has 0 bridgehead atoms. The lowest BCUT2D eigenvalue weighted by atomic mass is 10.1. The molecular formula is C17H23ClN4O. The zero-order chi connectivity index (χ0) is 15.4. The second kappa shape index (κ2) is 8.13. The van der Waals surface area contributed by atoms with Gasteiger partial charge in [-0.05, 0) is 24.0 Å². The summed E-state index contributed by atoms with van der Waals surface area (Å²) in [6.45, 7) is 4.42. The molecule has 0 fully saturated rings. The van der Waals surface area contributed by atoms with Crippen molar-refractivity contribution in [3.05, 3.63) is 52.3 Å². The molecular weight excluding hydrogens is 312 g/mol. The maximum absolute atomic E-state index is 12.2. The van der Waals surface area contributed by atoms with Crippen LogP contribution in [0.5, 0.6) is 0 Å². The Morgan fingerprint density at radius 1 is 1.26 bits per heavy atom. The van der Waals surface area contributed by atoms with Crippen molar-refractivity contribution < 1.29 is 4.79 Å². The predicted molar refractivity (Wildman–Crippen MR) is 93.1 cm³/mol. The lowest BCUT2D eigenvalue weighted by Gasteiger charge is -2.12. The third kappa shape index (κ3) is 4.12. The molecule has 1 aromatic carbocycles. The number of benzene rings is 1. The number of amides is 1. The molecule has 1 aliphatic heterocycles. The average molecular weight is 335 g/mol. The number of fused-ring (bicyclic) bond motifs is 1. The van der Waals surface area contributed by atoms with Gasteiger partial charge in [0.1, 0.15) is 0 Å². The van der Waals surface area contributed by atoms with Crippen molar-refractivity contribution in [1.29, 1.82) is 0 Å². The Labute approximate surface area is 142 Å². The van der Waals surface area contributed by atoms with Crippen molar-refractivity contribution in [2.24, 2.45) is 0 Å². The van der Waals surface area contributed by atoms with E-state index in [4.69, 9.17) is 0 Å². The monoisotopic (exact) mass is 334 g/mol. The molecule has 0 saturated heterocycles. The number of hydrogen-bond acceptors (Lipinski definition) is 3. The fraction of sp³-hybridized carbons (Fsp3) is 0.412. The van der Waals surface area contributed by atoms with Gasteiger partial charge in [-0.1, -0.05) is 31.2 Å². The number of carbonyl (C=O) groups excluding carboxylic acids is 1. The minimum absolute atomic E-state index is 0. The van der Waals surface area contributed by atoms with Crippen molar-refractivity contribution in [2.45, 2.75) is 32.7 Å². The van der Waals surface area contributed by atoms with Gasteiger partial charge in [-0.2, -0.15) is 5.10 Å². The molecule has 0 saturated carbocycles. The van der Waals surface area contributed by atoms with Crippen LogP contribution >= 0.6 is 12.4 Å². The SMILES string of the molecule is CCc1ccc(CCNC(=O)c2n[nH]c3c2CNCC3)cc1.Cl. The van der Waals surface area contributed by atoms with Crippen LogP contribution in [0.25, 0.3) is 0 Å². The highest BCUT2D eigenvalue weighted by molar-refractivity contribution is 5.94. The zero-order valence-corrected chi connectivity index (χ0v) is 14.1. The Bertz CT molecular complexity index is 651. The molecule has 0 unspecified atom stereocenters. The molecule has 0 atom stereocenters. The molecule has 6 heteroatoms. The lowest BCUT2D eigenvalue weighted by molar-refractivity contribution is 0.0948. The third-order valence-corrected chi connectivity index (χ3v) is 4.15. The number of aromatic nitrogens is 2. The van der Waals surface area contributed by atoms with Crippen LogP contribution in [0.1, 0.15) is 39.8 Å². The highest BCUT2D eigenvalue weighted by Crippen LogP contribution is 2.15. The van der Waals surface area contributed by atoms with E-state index in [0.717, 1.165) is 37.1 Å². The molecule has 3 rings (SSSR count). The summed E-state index contributed by atoms with van der Waals surface area (Å²) < 4.78 is 0. The van der Waals surface area contributed by atoms with E-state index in [1.165, 1.54) is 11.1 Å². The smallest absolute Gasteiger partial charge is 0.272 e. The molecule has 0 aliphatic carbocycles. The van der Waals surface area contributed by atoms with E-state index in [1.807, 2.05) is 0 Å². The van der Waals surface area contributed by atoms with Crippen LogP contribution in [0.4, 0.5) is 0 Å². The van der Waals surface area contributed by atoms with Gasteiger partial charge in [-0.25, -0.2) is 0 Å². The van der Waals surface area contributed by atoms with Gasteiger partial charge in [0.05, 0.1) is 0 Å². The molecule has 124 valence electrons. The summed E-state index contributed by atoms with van der Waals surface area (Å²) in [4.78, 5) is 12.2. The summed E-state index contributed by atoms with van der Waals surface area (Å²) in [6.07, 6.45) is 2.79. The Morgan fingerprint density at radius 2 is 2.00 bits per heavy atom. The number of H-pyrrole nitrogens is 1. The van der Waals surface area contributed by atoms with Gasteiger partial charge in [0.25, 0.3) is 5.91 Å². The minimum Gasteiger partial charge on any atom is -0.350 e. The summed E-state index contributed by atoms with van der Waals surface area (Å²) in [5.41, 5.74) is 5.20. The van der Waals surface area contributed by atoms with E-state index in [2.05, 4.69) is 52.0 Å². The van der Waals surface area contributed by atoms with Crippen LogP contribution in [0.2, 0.25) is 0 Å². The standard InChI is InChI=1S/C17H22N4O.ClH/c1-2-12-3-5-13(6-4-12)7-10-19-17(22)16-14-11-18-9-8-15(14)20-21-16;/h3-6,18H,2,7-11H2,1H3,(H,19,22)(H,20,21);1H. The molecule has 1 aromatic heterocycles. The van der Waals surface area contributed by atoms with E-state index < -0.39 is 0 Å². The number of halogens is 1. The molecule has 2 aromatic rings. The second-order valence-electron chi connectivity index (χ2n) is 5.63. The lowest BCUT2D eigenvalue weighted by Crippen LogP contribution is -2.29. The molecule has 2 heterocycles. The van der Waals surface area contributed by atoms with Crippen molar-refractivity contribution in [1.82, 2.24) is 20.8 Å². The number of aromatic amines is 1. The van der Waals surface area contributed by atoms with Gasteiger partial charge in [-0.3, -0.25) is 9.89 Å². The number of nitrogens with one attached hydrogen (secondary N) is 3. The molecule has 1 aliphatic rings. The summed E-state index contributed by atoms with van der Waals surface area (Å²) in [5.74, 6) is -0.0913. The first-order valence-corrected chi connectivity index (χ1v) is 7.90. The van der Waals surface area contributed by atoms with Crippen LogP contribution < -0.4 is 10.6 Å². The van der Waals surface area contributed by atoms with E-state index in [9.17, 15) is 4.79 Å². The van der Waals surface area contributed by atoms with Crippen LogP contribution in [0, 0.1) is 0 Å². The predicted octanol–water partition coefficient (Wildman–Crippen LogP) is 2.01. The normalized spacial score (nSPS) is 13.1. The van der Waals surface area contributed by atoms with Crippen molar-refractivity contribution in [3.8, 4) is 0 Å². The van der Waals surface area contributed by atoms with Gasteiger partial charge in [-0.15, -0.1) is 12.4 Å². The zero-order valence-electron chi connectivity index (χ0n) is 13.3. The number of nitrogens with zero attached hydrogens (tertiary/aromatic N) is 1. The number of rotatable bonds is 5. The van der Waals surface area contributed by atoms with E-state index in [0.29, 0.717) is 18.8 Å². The van der Waals surface area contributed by atoms with Gasteiger partial charge in [0.2, 0.25) is 0 Å². The molecule has 23 heavy (non-hydrogen) atoms. The maximum atomic E-state index is 12.2. The first-order valence-electron chi connectivity index (χ1n) is 7.90. The summed E-state index contributed by atoms with van der Waals surface area (Å²) in [5, 5.41) is 13.4. The van der Waals surface area contributed by atoms with Crippen molar-refractivity contribution in [3.63, 3.8) is 0 Å². The first kappa shape index (κ1) is 17.5. The van der Waals surface area contributed by atoms with Gasteiger partial charge in [0, 0.05) is 37.3 Å². The van der Waals surface area contributed by atoms with Crippen LogP contribution in [0.15, 0.2) is 24.3 Å². The van der Waals surface area contributed by atoms with Gasteiger partial charge in [0.15, 0.2) is 5.69 Å². The van der Waals surface area contributed by atoms with Crippen LogP contribution in [-0.2, 0) is 25.8 Å². The maximum Gasteiger partial charge on any atom is 0.272 e. The van der Waals surface area contributed by atoms with Crippen LogP contribution in [-0.4, -0.2) is 29.2 Å². The fourth-order valence-corrected chi connectivity index (χ4v) is 2.76. The summed E-state index contributed by atoms with van der Waals surface area (Å²) in [7, 11) is 0. The van der Waals surface area contributed by atoms with Gasteiger partial charge < -0.3 is 10.6 Å². The third-order valence-electron chi connectivity index (χ3n) is 4.15. The fourth-order valence-electron chi connectivity index (χ4n) is 2.76. The average Bonchev–Trinajstić information content (AvgIpc) is 2.99. The van der Waals surface area contributed by atoms with Crippen molar-refractivity contribution >= 4 is 18.3 Å². The molecule has 3 N–H and O–H groups in total. The van der Waals surface area contributed by atoms with E-state index in [1.54, 1.807) is 0 Å². The molecule has 0 spiro atoms. The van der Waals surface area contributed by atoms with E-state index in [-0.39, 0.29) is 18.3 Å². The number of aryl methyl sites for hydroxylation is 1. The van der Waals surface area contributed by atoms with Crippen molar-refractivity contribution in [2.75, 3.05) is 13.1 Å². The molecule has 0 radical (unpaired) electrons. The Kier molecular flexibility index (Phi) is 6.19. The summed E-state index contributed by atoms with van der Waals surface area (Å²) in [6, 6.07) is 8.55.